The molecule has 0 aliphatic rings. The fourth-order valence-electron chi connectivity index (χ4n) is 1.60. The maximum Gasteiger partial charge on any atom is 0.319 e. The molecule has 0 saturated carbocycles. The number of nitrogens with one attached hydrogen (secondary N) is 2. The van der Waals surface area contributed by atoms with Gasteiger partial charge in [-0.25, -0.2) is 4.79 Å². The van der Waals surface area contributed by atoms with Gasteiger partial charge in [0.25, 0.3) is 0 Å². The van der Waals surface area contributed by atoms with E-state index in [1.165, 1.54) is 0 Å². The minimum Gasteiger partial charge on any atom is -0.495 e. The number of aromatic nitrogens is 1. The third-order valence-corrected chi connectivity index (χ3v) is 2.56. The Balaban J connectivity index is 1.91. The smallest absolute Gasteiger partial charge is 0.319 e. The molecule has 2 N–H and O–H groups in total. The molecule has 98 valence electrons. The first-order valence-corrected chi connectivity index (χ1v) is 5.86. The molecule has 1 aromatic heterocycles. The van der Waals surface area contributed by atoms with Crippen LogP contribution in [0.5, 0.6) is 5.75 Å². The number of anilines is 1. The van der Waals surface area contributed by atoms with Crippen LogP contribution in [0.15, 0.2) is 48.8 Å². The molecular weight excluding hydrogens is 242 g/mol. The summed E-state index contributed by atoms with van der Waals surface area (Å²) in [5.74, 6) is 0.626. The molecule has 2 amide bonds. The number of urea groups is 1. The lowest BCUT2D eigenvalue weighted by molar-refractivity contribution is 0.251. The van der Waals surface area contributed by atoms with Crippen molar-refractivity contribution in [3.63, 3.8) is 0 Å². The summed E-state index contributed by atoms with van der Waals surface area (Å²) in [6.07, 6.45) is 3.38. The molecule has 0 unspecified atom stereocenters. The van der Waals surface area contributed by atoms with Gasteiger partial charge >= 0.3 is 6.03 Å². The number of ether oxygens (including phenoxy) is 1. The van der Waals surface area contributed by atoms with Gasteiger partial charge in [0.1, 0.15) is 5.75 Å². The molecule has 0 spiro atoms. The molecule has 5 heteroatoms. The zero-order valence-electron chi connectivity index (χ0n) is 10.6. The Labute approximate surface area is 111 Å². The summed E-state index contributed by atoms with van der Waals surface area (Å²) < 4.78 is 5.16. The highest BCUT2D eigenvalue weighted by atomic mass is 16.5. The zero-order chi connectivity index (χ0) is 13.5. The van der Waals surface area contributed by atoms with Crippen LogP contribution in [-0.4, -0.2) is 18.1 Å². The SMILES string of the molecule is COc1ccccc1NC(=O)NCc1ccncc1. The normalized spacial score (nSPS) is 9.74. The fraction of sp³-hybridized carbons (Fsp3) is 0.143. The van der Waals surface area contributed by atoms with Gasteiger partial charge in [-0.3, -0.25) is 4.98 Å². The average molecular weight is 257 g/mol. The summed E-state index contributed by atoms with van der Waals surface area (Å²) in [7, 11) is 1.56. The monoisotopic (exact) mass is 257 g/mol. The highest BCUT2D eigenvalue weighted by Crippen LogP contribution is 2.22. The van der Waals surface area contributed by atoms with E-state index in [0.717, 1.165) is 5.56 Å². The minimum absolute atomic E-state index is 0.277. The maximum atomic E-state index is 11.8. The molecule has 5 nitrogen and oxygen atoms in total. The zero-order valence-corrected chi connectivity index (χ0v) is 10.6. The van der Waals surface area contributed by atoms with E-state index in [0.29, 0.717) is 18.0 Å². The average Bonchev–Trinajstić information content (AvgIpc) is 2.47. The number of benzene rings is 1. The molecule has 1 aromatic carbocycles. The van der Waals surface area contributed by atoms with Gasteiger partial charge in [0.15, 0.2) is 0 Å². The van der Waals surface area contributed by atoms with Crippen molar-refractivity contribution in [2.24, 2.45) is 0 Å². The lowest BCUT2D eigenvalue weighted by atomic mass is 10.3. The highest BCUT2D eigenvalue weighted by molar-refractivity contribution is 5.90. The van der Waals surface area contributed by atoms with Crippen molar-refractivity contribution in [2.75, 3.05) is 12.4 Å². The Morgan fingerprint density at radius 2 is 1.95 bits per heavy atom. The van der Waals surface area contributed by atoms with Crippen molar-refractivity contribution in [1.82, 2.24) is 10.3 Å². The van der Waals surface area contributed by atoms with Crippen molar-refractivity contribution in [2.45, 2.75) is 6.54 Å². The highest BCUT2D eigenvalue weighted by Gasteiger charge is 2.05. The van der Waals surface area contributed by atoms with E-state index in [9.17, 15) is 4.79 Å². The minimum atomic E-state index is -0.277. The first-order valence-electron chi connectivity index (χ1n) is 5.86. The van der Waals surface area contributed by atoms with E-state index >= 15 is 0 Å². The molecule has 19 heavy (non-hydrogen) atoms. The number of carbonyl (C=O) groups is 1. The summed E-state index contributed by atoms with van der Waals surface area (Å²) in [5, 5.41) is 5.51. The summed E-state index contributed by atoms with van der Waals surface area (Å²) in [4.78, 5) is 15.7. The predicted molar refractivity (Wildman–Crippen MR) is 73.1 cm³/mol. The number of methoxy groups -OCH3 is 1. The Bertz CT molecular complexity index is 543. The van der Waals surface area contributed by atoms with Crippen LogP contribution in [0.25, 0.3) is 0 Å². The van der Waals surface area contributed by atoms with Gasteiger partial charge in [0.05, 0.1) is 12.8 Å². The van der Waals surface area contributed by atoms with Gasteiger partial charge < -0.3 is 15.4 Å². The van der Waals surface area contributed by atoms with Crippen LogP contribution in [0.4, 0.5) is 10.5 Å². The third-order valence-electron chi connectivity index (χ3n) is 2.56. The lowest BCUT2D eigenvalue weighted by Crippen LogP contribution is -2.28. The van der Waals surface area contributed by atoms with Gasteiger partial charge in [-0.05, 0) is 29.8 Å². The van der Waals surface area contributed by atoms with E-state index in [-0.39, 0.29) is 6.03 Å². The number of hydrogen-bond donors (Lipinski definition) is 2. The van der Waals surface area contributed by atoms with Crippen LogP contribution >= 0.6 is 0 Å². The Hall–Kier alpha value is -2.56. The fourth-order valence-corrected chi connectivity index (χ4v) is 1.60. The number of hydrogen-bond acceptors (Lipinski definition) is 3. The molecule has 0 aliphatic heterocycles. The summed E-state index contributed by atoms with van der Waals surface area (Å²) in [5.41, 5.74) is 1.63. The Morgan fingerprint density at radius 1 is 1.21 bits per heavy atom. The van der Waals surface area contributed by atoms with Gasteiger partial charge in [-0.1, -0.05) is 12.1 Å². The van der Waals surface area contributed by atoms with E-state index < -0.39 is 0 Å². The van der Waals surface area contributed by atoms with Gasteiger partial charge in [0.2, 0.25) is 0 Å². The van der Waals surface area contributed by atoms with Crippen LogP contribution in [-0.2, 0) is 6.54 Å². The summed E-state index contributed by atoms with van der Waals surface area (Å²) in [6, 6.07) is 10.7. The number of amides is 2. The van der Waals surface area contributed by atoms with E-state index in [1.54, 1.807) is 31.6 Å². The van der Waals surface area contributed by atoms with Crippen LogP contribution in [0, 0.1) is 0 Å². The predicted octanol–water partition coefficient (Wildman–Crippen LogP) is 2.41. The maximum absolute atomic E-state index is 11.8. The second-order valence-corrected chi connectivity index (χ2v) is 3.86. The molecule has 0 aliphatic carbocycles. The number of pyridine rings is 1. The van der Waals surface area contributed by atoms with Crippen molar-refractivity contribution in [3.8, 4) is 5.75 Å². The molecule has 2 aromatic rings. The topological polar surface area (TPSA) is 63.2 Å². The summed E-state index contributed by atoms with van der Waals surface area (Å²) in [6.45, 7) is 0.448. The number of rotatable bonds is 4. The summed E-state index contributed by atoms with van der Waals surface area (Å²) >= 11 is 0. The molecular formula is C14H15N3O2. The van der Waals surface area contributed by atoms with E-state index in [1.807, 2.05) is 24.3 Å². The van der Waals surface area contributed by atoms with Crippen LogP contribution in [0.3, 0.4) is 0 Å². The quantitative estimate of drug-likeness (QED) is 0.884. The van der Waals surface area contributed by atoms with Crippen LogP contribution in [0.2, 0.25) is 0 Å². The molecule has 1 heterocycles. The molecule has 0 fully saturated rings. The number of carbonyl (C=O) groups excluding carboxylic acids is 1. The molecule has 2 rings (SSSR count). The van der Waals surface area contributed by atoms with Crippen molar-refractivity contribution >= 4 is 11.7 Å². The molecule has 0 saturated heterocycles. The van der Waals surface area contributed by atoms with Crippen molar-refractivity contribution in [3.05, 3.63) is 54.4 Å². The number of nitrogens with zero attached hydrogens (tertiary/aromatic N) is 1. The van der Waals surface area contributed by atoms with Gasteiger partial charge in [0, 0.05) is 18.9 Å². The molecule has 0 radical (unpaired) electrons. The first-order chi connectivity index (χ1) is 9.29. The Kier molecular flexibility index (Phi) is 4.34. The van der Waals surface area contributed by atoms with Gasteiger partial charge in [-0.15, -0.1) is 0 Å². The third kappa shape index (κ3) is 3.70. The second-order valence-electron chi connectivity index (χ2n) is 3.86. The van der Waals surface area contributed by atoms with E-state index in [4.69, 9.17) is 4.74 Å². The van der Waals surface area contributed by atoms with Gasteiger partial charge in [-0.2, -0.15) is 0 Å². The van der Waals surface area contributed by atoms with Crippen molar-refractivity contribution < 1.29 is 9.53 Å². The largest absolute Gasteiger partial charge is 0.495 e. The number of para-hydroxylation sites is 2. The van der Waals surface area contributed by atoms with Crippen molar-refractivity contribution in [1.29, 1.82) is 0 Å². The molecule has 0 bridgehead atoms. The van der Waals surface area contributed by atoms with E-state index in [2.05, 4.69) is 15.6 Å². The first kappa shape index (κ1) is 12.9. The van der Waals surface area contributed by atoms with Crippen LogP contribution < -0.4 is 15.4 Å². The lowest BCUT2D eigenvalue weighted by Gasteiger charge is -2.10. The Morgan fingerprint density at radius 3 is 2.68 bits per heavy atom. The molecule has 0 atom stereocenters. The van der Waals surface area contributed by atoms with Crippen LogP contribution in [0.1, 0.15) is 5.56 Å². The standard InChI is InChI=1S/C14H15N3O2/c1-19-13-5-3-2-4-12(13)17-14(18)16-10-11-6-8-15-9-7-11/h2-9H,10H2,1H3,(H2,16,17,18). The second kappa shape index (κ2) is 6.39.